The molecule has 11 nitrogen and oxygen atoms in total. The number of ether oxygens (including phenoxy) is 2. The molecule has 1 saturated heterocycles. The Morgan fingerprint density at radius 1 is 1.18 bits per heavy atom. The van der Waals surface area contributed by atoms with E-state index in [2.05, 4.69) is 36.8 Å². The molecule has 1 aliphatic heterocycles. The molecule has 0 saturated carbocycles. The SMILES string of the molecule is C=CC(=O)N1CC[C@H](Oc2ncc3ncnc(Nc4ccc(Oc5cc(F)c6c(c5)ncn6C)c(C)c4)c3n2)C1. The molecule has 1 aliphatic rings. The molecular weight excluding hydrogens is 515 g/mol. The lowest BCUT2D eigenvalue weighted by Gasteiger charge is -2.15. The van der Waals surface area contributed by atoms with Gasteiger partial charge in [-0.15, -0.1) is 0 Å². The molecule has 1 fully saturated rings. The summed E-state index contributed by atoms with van der Waals surface area (Å²) in [6.45, 7) is 6.46. The summed E-state index contributed by atoms with van der Waals surface area (Å²) in [5.41, 5.74) is 3.54. The molecular formula is C28H25FN8O3. The Kier molecular flexibility index (Phi) is 6.42. The first kappa shape index (κ1) is 25.2. The number of nitrogens with one attached hydrogen (secondary N) is 1. The van der Waals surface area contributed by atoms with E-state index in [0.29, 0.717) is 58.9 Å². The molecule has 2 aromatic carbocycles. The predicted molar refractivity (Wildman–Crippen MR) is 146 cm³/mol. The van der Waals surface area contributed by atoms with Gasteiger partial charge in [0.15, 0.2) is 11.6 Å². The van der Waals surface area contributed by atoms with E-state index in [1.165, 1.54) is 18.5 Å². The van der Waals surface area contributed by atoms with Crippen molar-refractivity contribution in [3.05, 3.63) is 73.2 Å². The monoisotopic (exact) mass is 540 g/mol. The van der Waals surface area contributed by atoms with Crippen molar-refractivity contribution < 1.29 is 18.7 Å². The van der Waals surface area contributed by atoms with Crippen LogP contribution < -0.4 is 14.8 Å². The second-order valence-electron chi connectivity index (χ2n) is 9.46. The number of hydrogen-bond donors (Lipinski definition) is 1. The molecule has 0 bridgehead atoms. The van der Waals surface area contributed by atoms with E-state index in [9.17, 15) is 9.18 Å². The molecule has 1 atom stereocenters. The lowest BCUT2D eigenvalue weighted by atomic mass is 10.2. The highest BCUT2D eigenvalue weighted by molar-refractivity contribution is 5.87. The number of benzene rings is 2. The van der Waals surface area contributed by atoms with Gasteiger partial charge in [-0.3, -0.25) is 4.79 Å². The van der Waals surface area contributed by atoms with Crippen LogP contribution in [-0.4, -0.2) is 59.5 Å². The Balaban J connectivity index is 1.20. The number of carbonyl (C=O) groups excluding carboxylic acids is 1. The average molecular weight is 541 g/mol. The van der Waals surface area contributed by atoms with Crippen LogP contribution in [0, 0.1) is 12.7 Å². The number of aromatic nitrogens is 6. The van der Waals surface area contributed by atoms with Crippen LogP contribution in [0.5, 0.6) is 17.5 Å². The van der Waals surface area contributed by atoms with Gasteiger partial charge in [-0.2, -0.15) is 4.98 Å². The molecule has 0 aliphatic carbocycles. The van der Waals surface area contributed by atoms with Crippen molar-refractivity contribution in [1.82, 2.24) is 34.4 Å². The van der Waals surface area contributed by atoms with Crippen LogP contribution in [0.15, 0.2) is 61.8 Å². The van der Waals surface area contributed by atoms with Crippen molar-refractivity contribution in [2.45, 2.75) is 19.4 Å². The molecule has 0 spiro atoms. The van der Waals surface area contributed by atoms with Crippen LogP contribution in [0.3, 0.4) is 0 Å². The highest BCUT2D eigenvalue weighted by Gasteiger charge is 2.27. The molecule has 5 aromatic rings. The minimum atomic E-state index is -0.403. The summed E-state index contributed by atoms with van der Waals surface area (Å²) in [6.07, 6.45) is 6.32. The highest BCUT2D eigenvalue weighted by Crippen LogP contribution is 2.32. The van der Waals surface area contributed by atoms with Crippen molar-refractivity contribution in [1.29, 1.82) is 0 Å². The molecule has 1 amide bonds. The van der Waals surface area contributed by atoms with E-state index in [0.717, 1.165) is 11.3 Å². The van der Waals surface area contributed by atoms with Gasteiger partial charge < -0.3 is 24.3 Å². The van der Waals surface area contributed by atoms with Gasteiger partial charge >= 0.3 is 6.01 Å². The maximum atomic E-state index is 14.6. The zero-order chi connectivity index (χ0) is 27.8. The third-order valence-electron chi connectivity index (χ3n) is 6.66. The molecule has 12 heteroatoms. The number of carbonyl (C=O) groups is 1. The van der Waals surface area contributed by atoms with Crippen LogP contribution in [0.25, 0.3) is 22.1 Å². The van der Waals surface area contributed by atoms with E-state index in [4.69, 9.17) is 9.47 Å². The lowest BCUT2D eigenvalue weighted by molar-refractivity contribution is -0.125. The van der Waals surface area contributed by atoms with Gasteiger partial charge in [-0.1, -0.05) is 6.58 Å². The van der Waals surface area contributed by atoms with Gasteiger partial charge in [0.05, 0.1) is 24.6 Å². The Bertz CT molecular complexity index is 1770. The van der Waals surface area contributed by atoms with Gasteiger partial charge in [0.2, 0.25) is 5.91 Å². The lowest BCUT2D eigenvalue weighted by Crippen LogP contribution is -2.29. The zero-order valence-corrected chi connectivity index (χ0v) is 21.8. The Hall–Kier alpha value is -5.13. The number of rotatable bonds is 7. The van der Waals surface area contributed by atoms with Gasteiger partial charge in [-0.25, -0.2) is 24.3 Å². The Labute approximate surface area is 228 Å². The van der Waals surface area contributed by atoms with Crippen LogP contribution in [0.1, 0.15) is 12.0 Å². The molecule has 202 valence electrons. The summed E-state index contributed by atoms with van der Waals surface area (Å²) in [7, 11) is 1.74. The van der Waals surface area contributed by atoms with Crippen molar-refractivity contribution in [2.75, 3.05) is 18.4 Å². The summed E-state index contributed by atoms with van der Waals surface area (Å²) >= 11 is 0. The summed E-state index contributed by atoms with van der Waals surface area (Å²) < 4.78 is 28.2. The van der Waals surface area contributed by atoms with Crippen LogP contribution in [-0.2, 0) is 11.8 Å². The first-order valence-corrected chi connectivity index (χ1v) is 12.6. The number of amides is 1. The molecule has 0 radical (unpaired) electrons. The van der Waals surface area contributed by atoms with Crippen molar-refractivity contribution in [3.8, 4) is 17.5 Å². The van der Waals surface area contributed by atoms with Crippen LogP contribution in [0.4, 0.5) is 15.9 Å². The molecule has 4 heterocycles. The Morgan fingerprint density at radius 3 is 2.88 bits per heavy atom. The minimum absolute atomic E-state index is 0.126. The van der Waals surface area contributed by atoms with Crippen molar-refractivity contribution in [2.24, 2.45) is 7.05 Å². The van der Waals surface area contributed by atoms with Crippen molar-refractivity contribution in [3.63, 3.8) is 0 Å². The van der Waals surface area contributed by atoms with E-state index < -0.39 is 5.82 Å². The number of halogens is 1. The zero-order valence-electron chi connectivity index (χ0n) is 21.8. The van der Waals surface area contributed by atoms with Gasteiger partial charge in [0, 0.05) is 37.8 Å². The highest BCUT2D eigenvalue weighted by atomic mass is 19.1. The first-order valence-electron chi connectivity index (χ1n) is 12.6. The van der Waals surface area contributed by atoms with Crippen molar-refractivity contribution >= 4 is 39.5 Å². The fraction of sp³-hybridized carbons (Fsp3) is 0.214. The van der Waals surface area contributed by atoms with E-state index >= 15 is 0 Å². The molecule has 40 heavy (non-hydrogen) atoms. The third-order valence-corrected chi connectivity index (χ3v) is 6.66. The van der Waals surface area contributed by atoms with E-state index in [1.54, 1.807) is 41.2 Å². The van der Waals surface area contributed by atoms with Crippen LogP contribution in [0.2, 0.25) is 0 Å². The number of imidazole rings is 1. The quantitative estimate of drug-likeness (QED) is 0.298. The van der Waals surface area contributed by atoms with Gasteiger partial charge in [0.1, 0.15) is 40.5 Å². The fourth-order valence-electron chi connectivity index (χ4n) is 4.67. The summed E-state index contributed by atoms with van der Waals surface area (Å²) in [4.78, 5) is 35.2. The molecule has 6 rings (SSSR count). The molecule has 0 unspecified atom stereocenters. The Morgan fingerprint density at radius 2 is 2.05 bits per heavy atom. The molecule has 1 N–H and O–H groups in total. The second kappa shape index (κ2) is 10.2. The number of anilines is 2. The number of nitrogens with zero attached hydrogens (tertiary/aromatic N) is 7. The van der Waals surface area contributed by atoms with Crippen LogP contribution >= 0.6 is 0 Å². The maximum Gasteiger partial charge on any atom is 0.317 e. The minimum Gasteiger partial charge on any atom is -0.458 e. The standard InChI is InChI=1S/C28H25FN8O3/c1-4-24(38)37-8-7-18(13-37)40-28-30-12-22-25(35-28)27(32-14-31-22)34-17-5-6-23(16(2)9-17)39-19-10-20(29)26-21(11-19)33-15-36(26)3/h4-6,9-12,14-15,18H,1,7-8,13H2,2-3H3,(H,31,32,34)/t18-/m0/s1. The normalized spacial score (nSPS) is 15.0. The number of aryl methyl sites for hydroxylation is 2. The maximum absolute atomic E-state index is 14.6. The first-order chi connectivity index (χ1) is 19.4. The molecule has 3 aromatic heterocycles. The topological polar surface area (TPSA) is 120 Å². The fourth-order valence-corrected chi connectivity index (χ4v) is 4.67. The second-order valence-corrected chi connectivity index (χ2v) is 9.46. The summed E-state index contributed by atoms with van der Waals surface area (Å²) in [5.74, 6) is 0.880. The average Bonchev–Trinajstić information content (AvgIpc) is 3.57. The van der Waals surface area contributed by atoms with Gasteiger partial charge in [-0.05, 0) is 36.8 Å². The van der Waals surface area contributed by atoms with Gasteiger partial charge in [0.25, 0.3) is 0 Å². The van der Waals surface area contributed by atoms with E-state index in [1.807, 2.05) is 19.1 Å². The number of fused-ring (bicyclic) bond motifs is 2. The smallest absolute Gasteiger partial charge is 0.317 e. The number of likely N-dealkylation sites (tertiary alicyclic amines) is 1. The summed E-state index contributed by atoms with van der Waals surface area (Å²) in [5, 5.41) is 3.28. The largest absolute Gasteiger partial charge is 0.458 e. The summed E-state index contributed by atoms with van der Waals surface area (Å²) in [6, 6.07) is 8.75. The number of hydrogen-bond acceptors (Lipinski definition) is 9. The van der Waals surface area contributed by atoms with E-state index in [-0.39, 0.29) is 18.0 Å². The third kappa shape index (κ3) is 4.86. The predicted octanol–water partition coefficient (Wildman–Crippen LogP) is 4.46.